The third kappa shape index (κ3) is 5.34. The van der Waals surface area contributed by atoms with Crippen molar-refractivity contribution >= 4 is 11.6 Å². The molecule has 0 aliphatic heterocycles. The molecule has 178 valence electrons. The molecule has 0 bridgehead atoms. The number of aryl methyl sites for hydroxylation is 3. The van der Waals surface area contributed by atoms with E-state index in [0.717, 1.165) is 34.8 Å². The number of anilines is 1. The number of nitrogens with one attached hydrogen (secondary N) is 1. The highest BCUT2D eigenvalue weighted by Crippen LogP contribution is 2.32. The molecule has 0 spiro atoms. The van der Waals surface area contributed by atoms with Crippen molar-refractivity contribution in [2.75, 3.05) is 5.32 Å². The van der Waals surface area contributed by atoms with E-state index in [9.17, 15) is 22.4 Å². The molecule has 4 rings (SSSR count). The van der Waals surface area contributed by atoms with Gasteiger partial charge >= 0.3 is 6.18 Å². The van der Waals surface area contributed by atoms with E-state index in [-0.39, 0.29) is 11.3 Å². The first-order valence-corrected chi connectivity index (χ1v) is 10.6. The number of hydrogen-bond donors (Lipinski definition) is 1. The molecule has 4 aromatic rings. The van der Waals surface area contributed by atoms with E-state index in [4.69, 9.17) is 0 Å². The van der Waals surface area contributed by atoms with Crippen molar-refractivity contribution in [3.8, 4) is 22.4 Å². The molecular formula is C26H20F4N4O. The van der Waals surface area contributed by atoms with Crippen molar-refractivity contribution in [1.82, 2.24) is 15.0 Å². The van der Waals surface area contributed by atoms with E-state index in [0.29, 0.717) is 22.9 Å². The van der Waals surface area contributed by atoms with Gasteiger partial charge in [-0.2, -0.15) is 13.2 Å². The van der Waals surface area contributed by atoms with Gasteiger partial charge in [-0.05, 0) is 86.0 Å². The smallest absolute Gasteiger partial charge is 0.319 e. The molecular weight excluding hydrogens is 460 g/mol. The summed E-state index contributed by atoms with van der Waals surface area (Å²) in [6.07, 6.45) is -2.13. The zero-order chi connectivity index (χ0) is 25.3. The summed E-state index contributed by atoms with van der Waals surface area (Å²) in [6.45, 7) is 5.44. The Kier molecular flexibility index (Phi) is 6.34. The molecule has 0 fully saturated rings. The standard InChI is InChI=1S/C26H20F4N4O/c1-14-8-21(27)23(34-25(35)18-5-7-32-24(12-18)26(28,29)30)13-20(14)19-10-16(3)33-22(11-19)17-4-6-31-15(2)9-17/h4-13H,1-3H3,(H,34,35). The average Bonchev–Trinajstić information content (AvgIpc) is 2.80. The van der Waals surface area contributed by atoms with Crippen LogP contribution in [0.4, 0.5) is 23.2 Å². The van der Waals surface area contributed by atoms with E-state index in [1.165, 1.54) is 12.1 Å². The Morgan fingerprint density at radius 3 is 2.29 bits per heavy atom. The number of aromatic nitrogens is 3. The van der Waals surface area contributed by atoms with Crippen LogP contribution < -0.4 is 5.32 Å². The minimum Gasteiger partial charge on any atom is -0.319 e. The van der Waals surface area contributed by atoms with Gasteiger partial charge in [0.2, 0.25) is 0 Å². The van der Waals surface area contributed by atoms with Gasteiger partial charge in [-0.25, -0.2) is 4.39 Å². The van der Waals surface area contributed by atoms with E-state index in [1.807, 2.05) is 38.1 Å². The van der Waals surface area contributed by atoms with Gasteiger partial charge in [0, 0.05) is 34.9 Å². The van der Waals surface area contributed by atoms with Crippen molar-refractivity contribution in [1.29, 1.82) is 0 Å². The highest BCUT2D eigenvalue weighted by molar-refractivity contribution is 6.04. The van der Waals surface area contributed by atoms with Crippen LogP contribution in [-0.4, -0.2) is 20.9 Å². The summed E-state index contributed by atoms with van der Waals surface area (Å²) in [5, 5.41) is 2.38. The number of benzene rings is 1. The van der Waals surface area contributed by atoms with Gasteiger partial charge in [0.15, 0.2) is 0 Å². The summed E-state index contributed by atoms with van der Waals surface area (Å²) < 4.78 is 53.6. The van der Waals surface area contributed by atoms with Crippen molar-refractivity contribution in [2.24, 2.45) is 0 Å². The molecule has 0 saturated heterocycles. The van der Waals surface area contributed by atoms with E-state index < -0.39 is 23.6 Å². The van der Waals surface area contributed by atoms with Crippen molar-refractivity contribution in [2.45, 2.75) is 26.9 Å². The molecule has 1 N–H and O–H groups in total. The van der Waals surface area contributed by atoms with Crippen molar-refractivity contribution in [3.05, 3.63) is 95.0 Å². The molecule has 3 heterocycles. The van der Waals surface area contributed by atoms with Crippen LogP contribution in [0.15, 0.2) is 60.9 Å². The molecule has 0 radical (unpaired) electrons. The first-order valence-electron chi connectivity index (χ1n) is 10.6. The number of carbonyl (C=O) groups excluding carboxylic acids is 1. The number of nitrogens with zero attached hydrogens (tertiary/aromatic N) is 3. The van der Waals surface area contributed by atoms with Gasteiger partial charge in [-0.15, -0.1) is 0 Å². The molecule has 0 saturated carbocycles. The number of alkyl halides is 3. The van der Waals surface area contributed by atoms with Gasteiger partial charge in [-0.1, -0.05) is 0 Å². The van der Waals surface area contributed by atoms with Crippen LogP contribution in [0.1, 0.15) is 33.0 Å². The van der Waals surface area contributed by atoms with Gasteiger partial charge in [-0.3, -0.25) is 19.7 Å². The molecule has 1 aromatic carbocycles. The normalized spacial score (nSPS) is 11.4. The lowest BCUT2D eigenvalue weighted by Gasteiger charge is -2.14. The molecule has 0 aliphatic rings. The van der Waals surface area contributed by atoms with Gasteiger partial charge < -0.3 is 5.32 Å². The molecule has 5 nitrogen and oxygen atoms in total. The van der Waals surface area contributed by atoms with Crippen LogP contribution in [0.25, 0.3) is 22.4 Å². The molecule has 1 amide bonds. The van der Waals surface area contributed by atoms with Crippen molar-refractivity contribution < 1.29 is 22.4 Å². The Labute approximate surface area is 198 Å². The summed E-state index contributed by atoms with van der Waals surface area (Å²) in [5.41, 5.74) is 3.50. The van der Waals surface area contributed by atoms with Gasteiger partial charge in [0.05, 0.1) is 11.4 Å². The fourth-order valence-corrected chi connectivity index (χ4v) is 3.68. The minimum absolute atomic E-state index is 0.156. The van der Waals surface area contributed by atoms with E-state index in [1.54, 1.807) is 13.1 Å². The first kappa shape index (κ1) is 24.0. The number of carbonyl (C=O) groups is 1. The third-order valence-corrected chi connectivity index (χ3v) is 5.33. The predicted molar refractivity (Wildman–Crippen MR) is 124 cm³/mol. The Hall–Kier alpha value is -4.14. The first-order chi connectivity index (χ1) is 16.5. The molecule has 0 atom stereocenters. The fraction of sp³-hybridized carbons (Fsp3) is 0.154. The lowest BCUT2D eigenvalue weighted by Crippen LogP contribution is -2.16. The highest BCUT2D eigenvalue weighted by atomic mass is 19.4. The lowest BCUT2D eigenvalue weighted by molar-refractivity contribution is -0.141. The molecule has 9 heteroatoms. The summed E-state index contributed by atoms with van der Waals surface area (Å²) >= 11 is 0. The summed E-state index contributed by atoms with van der Waals surface area (Å²) in [6, 6.07) is 11.9. The van der Waals surface area contributed by atoms with Crippen molar-refractivity contribution in [3.63, 3.8) is 0 Å². The van der Waals surface area contributed by atoms with E-state index >= 15 is 0 Å². The summed E-state index contributed by atoms with van der Waals surface area (Å²) in [4.78, 5) is 24.6. The fourth-order valence-electron chi connectivity index (χ4n) is 3.68. The summed E-state index contributed by atoms with van der Waals surface area (Å²) in [7, 11) is 0. The minimum atomic E-state index is -4.71. The third-order valence-electron chi connectivity index (χ3n) is 5.33. The topological polar surface area (TPSA) is 67.8 Å². The second kappa shape index (κ2) is 9.25. The van der Waals surface area contributed by atoms with Crippen LogP contribution in [0, 0.1) is 26.6 Å². The zero-order valence-corrected chi connectivity index (χ0v) is 19.0. The Morgan fingerprint density at radius 1 is 0.857 bits per heavy atom. The van der Waals surface area contributed by atoms with Crippen LogP contribution in [0.5, 0.6) is 0 Å². The zero-order valence-electron chi connectivity index (χ0n) is 19.0. The number of halogens is 4. The van der Waals surface area contributed by atoms with Crippen LogP contribution >= 0.6 is 0 Å². The number of amides is 1. The Bertz CT molecular complexity index is 1430. The maximum atomic E-state index is 14.7. The highest BCUT2D eigenvalue weighted by Gasteiger charge is 2.33. The second-order valence-electron chi connectivity index (χ2n) is 8.10. The monoisotopic (exact) mass is 480 g/mol. The quantitative estimate of drug-likeness (QED) is 0.337. The Morgan fingerprint density at radius 2 is 1.57 bits per heavy atom. The lowest BCUT2D eigenvalue weighted by atomic mass is 9.97. The predicted octanol–water partition coefficient (Wildman–Crippen LogP) is 6.54. The Balaban J connectivity index is 1.71. The maximum Gasteiger partial charge on any atom is 0.433 e. The molecule has 3 aromatic heterocycles. The van der Waals surface area contributed by atoms with Crippen LogP contribution in [-0.2, 0) is 6.18 Å². The largest absolute Gasteiger partial charge is 0.433 e. The average molecular weight is 480 g/mol. The maximum absolute atomic E-state index is 14.7. The van der Waals surface area contributed by atoms with Crippen LogP contribution in [0.3, 0.4) is 0 Å². The van der Waals surface area contributed by atoms with Gasteiger partial charge in [0.25, 0.3) is 5.91 Å². The summed E-state index contributed by atoms with van der Waals surface area (Å²) in [5.74, 6) is -1.59. The number of hydrogen-bond acceptors (Lipinski definition) is 4. The second-order valence-corrected chi connectivity index (χ2v) is 8.10. The molecule has 0 unspecified atom stereocenters. The van der Waals surface area contributed by atoms with E-state index in [2.05, 4.69) is 20.3 Å². The van der Waals surface area contributed by atoms with Gasteiger partial charge in [0.1, 0.15) is 11.5 Å². The SMILES string of the molecule is Cc1cc(-c2cc(-c3cc(NC(=O)c4ccnc(C(F)(F)F)c4)c(F)cc3C)cc(C)n2)ccn1. The number of rotatable bonds is 4. The molecule has 0 aliphatic carbocycles. The molecule has 35 heavy (non-hydrogen) atoms. The number of pyridine rings is 3. The van der Waals surface area contributed by atoms with Crippen LogP contribution in [0.2, 0.25) is 0 Å².